The van der Waals surface area contributed by atoms with Crippen molar-refractivity contribution in [1.29, 1.82) is 0 Å². The van der Waals surface area contributed by atoms with E-state index >= 15 is 0 Å². The van der Waals surface area contributed by atoms with Crippen molar-refractivity contribution in [3.63, 3.8) is 0 Å². The Balaban J connectivity index is 1.59. The highest BCUT2D eigenvalue weighted by Crippen LogP contribution is 2.24. The number of nitrogens with one attached hydrogen (secondary N) is 1. The Morgan fingerprint density at radius 3 is 2.83 bits per heavy atom. The number of hydrogen-bond acceptors (Lipinski definition) is 5. The van der Waals surface area contributed by atoms with Crippen LogP contribution in [-0.4, -0.2) is 22.3 Å². The second kappa shape index (κ2) is 7.59. The van der Waals surface area contributed by atoms with E-state index in [1.54, 1.807) is 0 Å². The predicted octanol–water partition coefficient (Wildman–Crippen LogP) is 3.42. The molecular weight excluding hydrogens is 290 g/mol. The number of hydrogen-bond donors (Lipinski definition) is 1. The number of nitrogens with zero attached hydrogens (tertiary/aromatic N) is 2. The maximum absolute atomic E-state index is 6.23. The molecule has 5 heteroatoms. The molecule has 5 nitrogen and oxygen atoms in total. The predicted molar refractivity (Wildman–Crippen MR) is 88.4 cm³/mol. The van der Waals surface area contributed by atoms with Gasteiger partial charge in [-0.1, -0.05) is 25.5 Å². The third kappa shape index (κ3) is 4.32. The zero-order valence-electron chi connectivity index (χ0n) is 13.9. The highest BCUT2D eigenvalue weighted by atomic mass is 16.5. The molecule has 23 heavy (non-hydrogen) atoms. The zero-order chi connectivity index (χ0) is 16.1. The van der Waals surface area contributed by atoms with Gasteiger partial charge in [0.15, 0.2) is 0 Å². The lowest BCUT2D eigenvalue weighted by Gasteiger charge is -2.32. The standard InChI is InChI=1S/C18H25N3O2/c1-3-17-20-21-18(23-17)12-19-15-9-4-5-10-16(15)22-14-8-6-7-13(2)11-14/h6-8,11,15-16,19H,3-5,9-10,12H2,1-2H3/t15-,16-/m1/s1. The molecule has 0 spiro atoms. The van der Waals surface area contributed by atoms with Crippen molar-refractivity contribution in [1.82, 2.24) is 15.5 Å². The fourth-order valence-corrected chi connectivity index (χ4v) is 3.06. The minimum Gasteiger partial charge on any atom is -0.489 e. The van der Waals surface area contributed by atoms with Crippen molar-refractivity contribution < 1.29 is 9.15 Å². The molecule has 0 unspecified atom stereocenters. The molecule has 1 heterocycles. The van der Waals surface area contributed by atoms with Crippen LogP contribution in [0, 0.1) is 6.92 Å². The van der Waals surface area contributed by atoms with Gasteiger partial charge < -0.3 is 14.5 Å². The fourth-order valence-electron chi connectivity index (χ4n) is 3.06. The summed E-state index contributed by atoms with van der Waals surface area (Å²) in [7, 11) is 0. The van der Waals surface area contributed by atoms with Crippen LogP contribution in [0.2, 0.25) is 0 Å². The highest BCUT2D eigenvalue weighted by Gasteiger charge is 2.27. The second-order valence-corrected chi connectivity index (χ2v) is 6.19. The van der Waals surface area contributed by atoms with Gasteiger partial charge in [-0.15, -0.1) is 10.2 Å². The Morgan fingerprint density at radius 2 is 2.04 bits per heavy atom. The van der Waals surface area contributed by atoms with Crippen LogP contribution in [0.1, 0.15) is 50.0 Å². The molecule has 2 aromatic rings. The average Bonchev–Trinajstić information content (AvgIpc) is 3.02. The van der Waals surface area contributed by atoms with Crippen LogP contribution in [0.25, 0.3) is 0 Å². The molecule has 1 saturated carbocycles. The summed E-state index contributed by atoms with van der Waals surface area (Å²) in [6.45, 7) is 4.70. The molecule has 0 bridgehead atoms. The monoisotopic (exact) mass is 315 g/mol. The molecule has 1 aromatic heterocycles. The summed E-state index contributed by atoms with van der Waals surface area (Å²) in [5, 5.41) is 11.6. The zero-order valence-corrected chi connectivity index (χ0v) is 13.9. The SMILES string of the molecule is CCc1nnc(CN[C@@H]2CCCC[C@H]2Oc2cccc(C)c2)o1. The fraction of sp³-hybridized carbons (Fsp3) is 0.556. The number of aromatic nitrogens is 2. The number of ether oxygens (including phenoxy) is 1. The van der Waals surface area contributed by atoms with Crippen molar-refractivity contribution in [3.05, 3.63) is 41.6 Å². The Labute approximate surface area is 137 Å². The van der Waals surface area contributed by atoms with E-state index in [0.29, 0.717) is 24.4 Å². The lowest BCUT2D eigenvalue weighted by Crippen LogP contribution is -2.44. The summed E-state index contributed by atoms with van der Waals surface area (Å²) in [6.07, 6.45) is 5.61. The molecule has 0 saturated heterocycles. The summed E-state index contributed by atoms with van der Waals surface area (Å²) < 4.78 is 11.8. The van der Waals surface area contributed by atoms with Gasteiger partial charge in [0.1, 0.15) is 11.9 Å². The van der Waals surface area contributed by atoms with Crippen LogP contribution in [0.5, 0.6) is 5.75 Å². The molecule has 1 aliphatic rings. The van der Waals surface area contributed by atoms with Gasteiger partial charge in [0.25, 0.3) is 0 Å². The maximum atomic E-state index is 6.23. The summed E-state index contributed by atoms with van der Waals surface area (Å²) in [4.78, 5) is 0. The number of benzene rings is 1. The third-order valence-corrected chi connectivity index (χ3v) is 4.31. The quantitative estimate of drug-likeness (QED) is 0.885. The first-order valence-corrected chi connectivity index (χ1v) is 8.52. The third-order valence-electron chi connectivity index (χ3n) is 4.31. The van der Waals surface area contributed by atoms with Crippen molar-refractivity contribution in [3.8, 4) is 5.75 Å². The van der Waals surface area contributed by atoms with Gasteiger partial charge in [-0.25, -0.2) is 0 Å². The molecule has 124 valence electrons. The number of rotatable bonds is 6. The van der Waals surface area contributed by atoms with E-state index in [-0.39, 0.29) is 6.10 Å². The van der Waals surface area contributed by atoms with E-state index in [2.05, 4.69) is 34.6 Å². The summed E-state index contributed by atoms with van der Waals surface area (Å²) in [6, 6.07) is 8.58. The summed E-state index contributed by atoms with van der Waals surface area (Å²) in [5.41, 5.74) is 1.22. The molecule has 3 rings (SSSR count). The van der Waals surface area contributed by atoms with E-state index in [0.717, 1.165) is 25.0 Å². The van der Waals surface area contributed by atoms with Crippen molar-refractivity contribution in [2.75, 3.05) is 0 Å². The molecule has 0 amide bonds. The molecular formula is C18H25N3O2. The average molecular weight is 315 g/mol. The van der Waals surface area contributed by atoms with Crippen LogP contribution in [0.4, 0.5) is 0 Å². The van der Waals surface area contributed by atoms with Gasteiger partial charge in [0.05, 0.1) is 6.54 Å². The highest BCUT2D eigenvalue weighted by molar-refractivity contribution is 5.27. The minimum atomic E-state index is 0.194. The minimum absolute atomic E-state index is 0.194. The first kappa shape index (κ1) is 16.0. The first-order chi connectivity index (χ1) is 11.2. The van der Waals surface area contributed by atoms with Crippen LogP contribution in [0.15, 0.2) is 28.7 Å². The lowest BCUT2D eigenvalue weighted by atomic mass is 9.92. The molecule has 2 atom stereocenters. The Morgan fingerprint density at radius 1 is 1.22 bits per heavy atom. The van der Waals surface area contributed by atoms with E-state index in [9.17, 15) is 0 Å². The molecule has 1 aliphatic carbocycles. The lowest BCUT2D eigenvalue weighted by molar-refractivity contribution is 0.111. The van der Waals surface area contributed by atoms with Gasteiger partial charge in [0.2, 0.25) is 11.8 Å². The Hall–Kier alpha value is -1.88. The van der Waals surface area contributed by atoms with Gasteiger partial charge in [-0.3, -0.25) is 0 Å². The maximum Gasteiger partial charge on any atom is 0.230 e. The Kier molecular flexibility index (Phi) is 5.28. The van der Waals surface area contributed by atoms with Gasteiger partial charge in [-0.05, 0) is 43.9 Å². The normalized spacial score (nSPS) is 21.3. The van der Waals surface area contributed by atoms with Gasteiger partial charge >= 0.3 is 0 Å². The van der Waals surface area contributed by atoms with E-state index in [1.807, 2.05) is 19.1 Å². The molecule has 0 radical (unpaired) electrons. The molecule has 0 aliphatic heterocycles. The largest absolute Gasteiger partial charge is 0.489 e. The molecule has 1 N–H and O–H groups in total. The van der Waals surface area contributed by atoms with Crippen LogP contribution in [0.3, 0.4) is 0 Å². The smallest absolute Gasteiger partial charge is 0.230 e. The van der Waals surface area contributed by atoms with E-state index in [4.69, 9.17) is 9.15 Å². The van der Waals surface area contributed by atoms with Crippen LogP contribution < -0.4 is 10.1 Å². The summed E-state index contributed by atoms with van der Waals surface area (Å²) in [5.74, 6) is 2.30. The van der Waals surface area contributed by atoms with Gasteiger partial charge in [0, 0.05) is 12.5 Å². The van der Waals surface area contributed by atoms with Crippen LogP contribution in [-0.2, 0) is 13.0 Å². The Bertz CT molecular complexity index is 626. The topological polar surface area (TPSA) is 60.2 Å². The van der Waals surface area contributed by atoms with Crippen molar-refractivity contribution in [2.24, 2.45) is 0 Å². The van der Waals surface area contributed by atoms with Gasteiger partial charge in [-0.2, -0.15) is 0 Å². The van der Waals surface area contributed by atoms with Crippen molar-refractivity contribution in [2.45, 2.75) is 64.6 Å². The van der Waals surface area contributed by atoms with Crippen molar-refractivity contribution >= 4 is 0 Å². The summed E-state index contributed by atoms with van der Waals surface area (Å²) >= 11 is 0. The van der Waals surface area contributed by atoms with Crippen LogP contribution >= 0.6 is 0 Å². The van der Waals surface area contributed by atoms with E-state index in [1.165, 1.54) is 18.4 Å². The van der Waals surface area contributed by atoms with E-state index < -0.39 is 0 Å². The second-order valence-electron chi connectivity index (χ2n) is 6.19. The molecule has 1 fully saturated rings. The molecule has 1 aromatic carbocycles. The number of aryl methyl sites for hydroxylation is 2. The first-order valence-electron chi connectivity index (χ1n) is 8.52.